The van der Waals surface area contributed by atoms with Crippen molar-refractivity contribution >= 4 is 41.7 Å². The molecule has 1 saturated heterocycles. The molecule has 1 fully saturated rings. The van der Waals surface area contributed by atoms with Crippen LogP contribution in [0.3, 0.4) is 0 Å². The smallest absolute Gasteiger partial charge is 0.255 e. The Bertz CT molecular complexity index is 867. The Balaban J connectivity index is 0.00000341. The average molecular weight is 538 g/mol. The third kappa shape index (κ3) is 7.89. The summed E-state index contributed by atoms with van der Waals surface area (Å²) in [4.78, 5) is 22.1. The van der Waals surface area contributed by atoms with E-state index in [4.69, 9.17) is 10.5 Å². The summed E-state index contributed by atoms with van der Waals surface area (Å²) in [5.74, 6) is 1.94. The van der Waals surface area contributed by atoms with Crippen LogP contribution in [0.4, 0.5) is 5.82 Å². The van der Waals surface area contributed by atoms with Gasteiger partial charge in [-0.3, -0.25) is 9.79 Å². The van der Waals surface area contributed by atoms with Crippen LogP contribution in [0.2, 0.25) is 0 Å². The number of anilines is 1. The largest absolute Gasteiger partial charge is 0.484 e. The first-order valence-corrected chi connectivity index (χ1v) is 10.2. The van der Waals surface area contributed by atoms with Gasteiger partial charge in [0.15, 0.2) is 12.6 Å². The summed E-state index contributed by atoms with van der Waals surface area (Å²) in [5, 5.41) is 6.85. The van der Waals surface area contributed by atoms with Gasteiger partial charge in [0.1, 0.15) is 11.6 Å². The van der Waals surface area contributed by atoms with E-state index in [1.165, 1.54) is 5.56 Å². The molecular formula is C22H31IN6O2. The number of ether oxygens (including phenoxy) is 1. The number of primary amides is 1. The summed E-state index contributed by atoms with van der Waals surface area (Å²) in [7, 11) is 1.77. The van der Waals surface area contributed by atoms with E-state index in [2.05, 4.69) is 44.6 Å². The van der Waals surface area contributed by atoms with E-state index in [0.717, 1.165) is 43.3 Å². The van der Waals surface area contributed by atoms with E-state index in [1.54, 1.807) is 13.1 Å². The molecule has 3 rings (SSSR count). The fraction of sp³-hybridized carbons (Fsp3) is 0.409. The topological polar surface area (TPSA) is 105 Å². The lowest BCUT2D eigenvalue weighted by Crippen LogP contribution is -2.48. The minimum atomic E-state index is -0.493. The molecule has 9 heteroatoms. The van der Waals surface area contributed by atoms with Crippen molar-refractivity contribution in [1.82, 2.24) is 15.6 Å². The Morgan fingerprint density at radius 3 is 2.71 bits per heavy atom. The van der Waals surface area contributed by atoms with E-state index in [-0.39, 0.29) is 30.6 Å². The van der Waals surface area contributed by atoms with Crippen LogP contribution < -0.4 is 26.0 Å². The van der Waals surface area contributed by atoms with E-state index in [0.29, 0.717) is 18.3 Å². The number of carbonyl (C=O) groups excluding carboxylic acids is 1. The van der Waals surface area contributed by atoms with Gasteiger partial charge in [-0.25, -0.2) is 4.98 Å². The van der Waals surface area contributed by atoms with Crippen molar-refractivity contribution in [2.24, 2.45) is 10.7 Å². The third-order valence-corrected chi connectivity index (χ3v) is 5.02. The van der Waals surface area contributed by atoms with E-state index in [9.17, 15) is 4.79 Å². The summed E-state index contributed by atoms with van der Waals surface area (Å²) in [6.45, 7) is 4.44. The zero-order chi connectivity index (χ0) is 21.3. The molecule has 2 heterocycles. The third-order valence-electron chi connectivity index (χ3n) is 5.02. The first-order valence-electron chi connectivity index (χ1n) is 10.2. The maximum atomic E-state index is 10.9. The quantitative estimate of drug-likeness (QED) is 0.284. The van der Waals surface area contributed by atoms with Gasteiger partial charge in [-0.05, 0) is 49.1 Å². The van der Waals surface area contributed by atoms with Gasteiger partial charge in [-0.1, -0.05) is 18.2 Å². The van der Waals surface area contributed by atoms with E-state index in [1.807, 2.05) is 24.4 Å². The average Bonchev–Trinajstić information content (AvgIpc) is 2.76. The van der Waals surface area contributed by atoms with Gasteiger partial charge in [0.2, 0.25) is 0 Å². The lowest BCUT2D eigenvalue weighted by atomic mass is 10.1. The van der Waals surface area contributed by atoms with Crippen molar-refractivity contribution < 1.29 is 9.53 Å². The number of carbonyl (C=O) groups is 1. The van der Waals surface area contributed by atoms with Crippen molar-refractivity contribution in [2.45, 2.75) is 32.4 Å². The van der Waals surface area contributed by atoms with Crippen LogP contribution in [-0.2, 0) is 11.3 Å². The molecule has 1 aliphatic rings. The lowest BCUT2D eigenvalue weighted by molar-refractivity contribution is -0.119. The zero-order valence-electron chi connectivity index (χ0n) is 18.0. The number of guanidine groups is 1. The number of amides is 1. The van der Waals surface area contributed by atoms with Crippen LogP contribution in [0.25, 0.3) is 0 Å². The van der Waals surface area contributed by atoms with Crippen molar-refractivity contribution in [1.29, 1.82) is 0 Å². The number of benzene rings is 1. The van der Waals surface area contributed by atoms with Gasteiger partial charge < -0.3 is 26.0 Å². The summed E-state index contributed by atoms with van der Waals surface area (Å²) in [5.41, 5.74) is 7.33. The molecule has 1 aromatic carbocycles. The number of hydrogen-bond donors (Lipinski definition) is 3. The Morgan fingerprint density at radius 2 is 2.06 bits per heavy atom. The standard InChI is InChI=1S/C22H30N6O2.HI/c1-16-6-7-21(25-13-16)28-10-8-18(9-11-28)27-22(24-2)26-14-17-4-3-5-19(12-17)30-15-20(23)29;/h3-7,12-13,18H,8-11,14-15H2,1-2H3,(H2,23,29)(H2,24,26,27);1H. The minimum absolute atomic E-state index is 0. The number of aliphatic imine (C=N–C) groups is 1. The number of nitrogens with two attached hydrogens (primary N) is 1. The van der Waals surface area contributed by atoms with Crippen LogP contribution in [-0.4, -0.2) is 49.6 Å². The molecule has 1 amide bonds. The number of rotatable bonds is 7. The van der Waals surface area contributed by atoms with Gasteiger partial charge in [0, 0.05) is 38.9 Å². The fourth-order valence-corrected chi connectivity index (χ4v) is 3.37. The van der Waals surface area contributed by atoms with E-state index < -0.39 is 5.91 Å². The van der Waals surface area contributed by atoms with Gasteiger partial charge in [0.05, 0.1) is 0 Å². The number of halogens is 1. The predicted octanol–water partition coefficient (Wildman–Crippen LogP) is 2.21. The Hall–Kier alpha value is -2.56. The highest BCUT2D eigenvalue weighted by Crippen LogP contribution is 2.18. The maximum absolute atomic E-state index is 10.9. The second kappa shape index (κ2) is 12.3. The van der Waals surface area contributed by atoms with Crippen LogP contribution in [0.1, 0.15) is 24.0 Å². The number of aryl methyl sites for hydroxylation is 1. The number of piperidine rings is 1. The molecule has 0 spiro atoms. The minimum Gasteiger partial charge on any atom is -0.484 e. The van der Waals surface area contributed by atoms with Crippen LogP contribution >= 0.6 is 24.0 Å². The second-order valence-electron chi connectivity index (χ2n) is 7.43. The molecule has 0 atom stereocenters. The molecule has 0 saturated carbocycles. The molecule has 1 aliphatic heterocycles. The first kappa shape index (κ1) is 24.7. The molecule has 8 nitrogen and oxygen atoms in total. The lowest BCUT2D eigenvalue weighted by Gasteiger charge is -2.33. The van der Waals surface area contributed by atoms with Gasteiger partial charge in [-0.2, -0.15) is 0 Å². The molecule has 31 heavy (non-hydrogen) atoms. The first-order chi connectivity index (χ1) is 14.5. The highest BCUT2D eigenvalue weighted by molar-refractivity contribution is 14.0. The SMILES string of the molecule is CN=C(NCc1cccc(OCC(N)=O)c1)NC1CCN(c2ccc(C)cn2)CC1.I. The van der Waals surface area contributed by atoms with Crippen molar-refractivity contribution in [3.63, 3.8) is 0 Å². The zero-order valence-corrected chi connectivity index (χ0v) is 20.3. The predicted molar refractivity (Wildman–Crippen MR) is 134 cm³/mol. The Kier molecular flexibility index (Phi) is 9.83. The molecule has 4 N–H and O–H groups in total. The second-order valence-corrected chi connectivity index (χ2v) is 7.43. The van der Waals surface area contributed by atoms with E-state index >= 15 is 0 Å². The number of aromatic nitrogens is 1. The van der Waals surface area contributed by atoms with Crippen LogP contribution in [0, 0.1) is 6.92 Å². The van der Waals surface area contributed by atoms with Gasteiger partial charge in [-0.15, -0.1) is 24.0 Å². The molecule has 2 aromatic rings. The summed E-state index contributed by atoms with van der Waals surface area (Å²) in [6, 6.07) is 12.1. The van der Waals surface area contributed by atoms with Crippen LogP contribution in [0.15, 0.2) is 47.6 Å². The monoisotopic (exact) mass is 538 g/mol. The molecule has 0 aliphatic carbocycles. The maximum Gasteiger partial charge on any atom is 0.255 e. The van der Waals surface area contributed by atoms with Crippen molar-refractivity contribution in [3.8, 4) is 5.75 Å². The highest BCUT2D eigenvalue weighted by Gasteiger charge is 2.20. The molecular weight excluding hydrogens is 507 g/mol. The Morgan fingerprint density at radius 1 is 1.29 bits per heavy atom. The summed E-state index contributed by atoms with van der Waals surface area (Å²) >= 11 is 0. The number of nitrogens with zero attached hydrogens (tertiary/aromatic N) is 3. The molecule has 168 valence electrons. The van der Waals surface area contributed by atoms with Gasteiger partial charge in [0.25, 0.3) is 5.91 Å². The number of pyridine rings is 1. The fourth-order valence-electron chi connectivity index (χ4n) is 3.37. The molecule has 0 unspecified atom stereocenters. The normalized spacial score (nSPS) is 14.5. The summed E-state index contributed by atoms with van der Waals surface area (Å²) in [6.07, 6.45) is 3.96. The van der Waals surface area contributed by atoms with Crippen molar-refractivity contribution in [3.05, 3.63) is 53.7 Å². The van der Waals surface area contributed by atoms with Crippen molar-refractivity contribution in [2.75, 3.05) is 31.6 Å². The highest BCUT2D eigenvalue weighted by atomic mass is 127. The molecule has 0 radical (unpaired) electrons. The number of nitrogens with one attached hydrogen (secondary N) is 2. The Labute approximate surface area is 200 Å². The van der Waals surface area contributed by atoms with Crippen LogP contribution in [0.5, 0.6) is 5.75 Å². The number of hydrogen-bond acceptors (Lipinski definition) is 5. The molecule has 1 aromatic heterocycles. The van der Waals surface area contributed by atoms with Gasteiger partial charge >= 0.3 is 0 Å². The summed E-state index contributed by atoms with van der Waals surface area (Å²) < 4.78 is 5.36. The molecule has 0 bridgehead atoms.